The largest absolute Gasteiger partial charge is 0.374 e. The second-order valence-electron chi connectivity index (χ2n) is 5.17. The van der Waals surface area contributed by atoms with Crippen LogP contribution in [0.1, 0.15) is 52.9 Å². The Morgan fingerprint density at radius 1 is 1.27 bits per heavy atom. The summed E-state index contributed by atoms with van der Waals surface area (Å²) in [5.41, 5.74) is 5.71. The van der Waals surface area contributed by atoms with E-state index in [-0.39, 0.29) is 0 Å². The summed E-state index contributed by atoms with van der Waals surface area (Å²) in [6.07, 6.45) is 6.80. The molecule has 1 rings (SSSR count). The van der Waals surface area contributed by atoms with E-state index in [1.807, 2.05) is 0 Å². The van der Waals surface area contributed by atoms with Crippen LogP contribution in [0.15, 0.2) is 0 Å². The van der Waals surface area contributed by atoms with Gasteiger partial charge >= 0.3 is 0 Å². The predicted molar refractivity (Wildman–Crippen MR) is 64.8 cm³/mol. The van der Waals surface area contributed by atoms with Crippen molar-refractivity contribution in [2.45, 2.75) is 65.1 Å². The predicted octanol–water partition coefficient (Wildman–Crippen LogP) is 2.96. The maximum atomic E-state index is 6.07. The molecule has 1 saturated carbocycles. The minimum atomic E-state index is 0.292. The average Bonchev–Trinajstić information content (AvgIpc) is 2.23. The molecule has 4 atom stereocenters. The summed E-state index contributed by atoms with van der Waals surface area (Å²) in [4.78, 5) is 0. The molecule has 1 aliphatic rings. The van der Waals surface area contributed by atoms with Crippen LogP contribution in [0.4, 0.5) is 0 Å². The Morgan fingerprint density at radius 2 is 2.00 bits per heavy atom. The van der Waals surface area contributed by atoms with Gasteiger partial charge in [0, 0.05) is 6.54 Å². The topological polar surface area (TPSA) is 35.2 Å². The van der Waals surface area contributed by atoms with Crippen molar-refractivity contribution in [1.29, 1.82) is 0 Å². The van der Waals surface area contributed by atoms with Crippen molar-refractivity contribution in [3.05, 3.63) is 0 Å². The maximum Gasteiger partial charge on any atom is 0.0700 e. The van der Waals surface area contributed by atoms with Gasteiger partial charge < -0.3 is 10.5 Å². The molecule has 0 aromatic carbocycles. The van der Waals surface area contributed by atoms with Crippen molar-refractivity contribution in [2.24, 2.45) is 17.6 Å². The first-order valence-corrected chi connectivity index (χ1v) is 6.52. The summed E-state index contributed by atoms with van der Waals surface area (Å²) in [5.74, 6) is 1.68. The first-order chi connectivity index (χ1) is 7.17. The third-order valence-electron chi connectivity index (χ3n) is 3.81. The fraction of sp³-hybridized carbons (Fsp3) is 1.00. The molecule has 0 spiro atoms. The lowest BCUT2D eigenvalue weighted by atomic mass is 9.80. The fourth-order valence-electron chi connectivity index (χ4n) is 2.46. The Labute approximate surface area is 94.6 Å². The summed E-state index contributed by atoms with van der Waals surface area (Å²) in [5, 5.41) is 0. The lowest BCUT2D eigenvalue weighted by Gasteiger charge is -2.34. The van der Waals surface area contributed by atoms with Gasteiger partial charge in [-0.1, -0.05) is 27.2 Å². The highest BCUT2D eigenvalue weighted by atomic mass is 16.5. The van der Waals surface area contributed by atoms with Gasteiger partial charge in [0.1, 0.15) is 0 Å². The lowest BCUT2D eigenvalue weighted by molar-refractivity contribution is -0.0463. The molecule has 0 saturated heterocycles. The van der Waals surface area contributed by atoms with Crippen LogP contribution in [0.25, 0.3) is 0 Å². The summed E-state index contributed by atoms with van der Waals surface area (Å²) in [7, 11) is 0. The van der Waals surface area contributed by atoms with Crippen LogP contribution < -0.4 is 5.73 Å². The van der Waals surface area contributed by atoms with E-state index in [0.29, 0.717) is 18.8 Å². The van der Waals surface area contributed by atoms with Crippen LogP contribution in [0.3, 0.4) is 0 Å². The highest BCUT2D eigenvalue weighted by Gasteiger charge is 2.26. The van der Waals surface area contributed by atoms with E-state index in [0.717, 1.165) is 18.3 Å². The summed E-state index contributed by atoms with van der Waals surface area (Å²) >= 11 is 0. The van der Waals surface area contributed by atoms with Crippen molar-refractivity contribution < 1.29 is 4.74 Å². The first kappa shape index (κ1) is 13.0. The van der Waals surface area contributed by atoms with Crippen molar-refractivity contribution in [3.63, 3.8) is 0 Å². The zero-order valence-electron chi connectivity index (χ0n) is 10.5. The molecule has 0 aliphatic heterocycles. The summed E-state index contributed by atoms with van der Waals surface area (Å²) in [6.45, 7) is 7.57. The molecule has 0 heterocycles. The van der Waals surface area contributed by atoms with Crippen molar-refractivity contribution in [3.8, 4) is 0 Å². The van der Waals surface area contributed by atoms with Crippen LogP contribution in [0.2, 0.25) is 0 Å². The van der Waals surface area contributed by atoms with Gasteiger partial charge in [0.15, 0.2) is 0 Å². The molecule has 0 radical (unpaired) electrons. The minimum Gasteiger partial charge on any atom is -0.374 e. The average molecular weight is 213 g/mol. The normalized spacial score (nSPS) is 34.0. The van der Waals surface area contributed by atoms with Gasteiger partial charge in [0.2, 0.25) is 0 Å². The van der Waals surface area contributed by atoms with Crippen LogP contribution in [0.5, 0.6) is 0 Å². The third kappa shape index (κ3) is 4.12. The molecule has 0 amide bonds. The zero-order chi connectivity index (χ0) is 11.3. The second-order valence-corrected chi connectivity index (χ2v) is 5.17. The fourth-order valence-corrected chi connectivity index (χ4v) is 2.46. The maximum absolute atomic E-state index is 6.07. The molecule has 0 aromatic rings. The standard InChI is InChI=1S/C13H27NO/c1-4-5-13(9-14)15-12-7-6-10(2)11(3)8-12/h10-13H,4-9,14H2,1-3H3. The molecule has 15 heavy (non-hydrogen) atoms. The van der Waals surface area contributed by atoms with Gasteiger partial charge in [-0.2, -0.15) is 0 Å². The number of nitrogens with two attached hydrogens (primary N) is 1. The molecular formula is C13H27NO. The summed E-state index contributed by atoms with van der Waals surface area (Å²) < 4.78 is 6.07. The molecular weight excluding hydrogens is 186 g/mol. The molecule has 0 aromatic heterocycles. The Hall–Kier alpha value is -0.0800. The van der Waals surface area contributed by atoms with E-state index in [1.165, 1.54) is 25.7 Å². The first-order valence-electron chi connectivity index (χ1n) is 6.52. The van der Waals surface area contributed by atoms with Gasteiger partial charge in [-0.05, 0) is 37.5 Å². The molecule has 4 unspecified atom stereocenters. The van der Waals surface area contributed by atoms with E-state index in [1.54, 1.807) is 0 Å². The van der Waals surface area contributed by atoms with E-state index in [9.17, 15) is 0 Å². The molecule has 1 aliphatic carbocycles. The smallest absolute Gasteiger partial charge is 0.0700 e. The van der Waals surface area contributed by atoms with Gasteiger partial charge in [-0.25, -0.2) is 0 Å². The van der Waals surface area contributed by atoms with Crippen LogP contribution in [-0.4, -0.2) is 18.8 Å². The third-order valence-corrected chi connectivity index (χ3v) is 3.81. The lowest BCUT2D eigenvalue weighted by Crippen LogP contribution is -2.33. The minimum absolute atomic E-state index is 0.292. The van der Waals surface area contributed by atoms with Crippen molar-refractivity contribution in [1.82, 2.24) is 0 Å². The van der Waals surface area contributed by atoms with Gasteiger partial charge in [-0.15, -0.1) is 0 Å². The quantitative estimate of drug-likeness (QED) is 0.762. The van der Waals surface area contributed by atoms with Crippen LogP contribution in [0, 0.1) is 11.8 Å². The van der Waals surface area contributed by atoms with E-state index < -0.39 is 0 Å². The number of rotatable bonds is 5. The zero-order valence-corrected chi connectivity index (χ0v) is 10.5. The van der Waals surface area contributed by atoms with Gasteiger partial charge in [0.25, 0.3) is 0 Å². The molecule has 2 heteroatoms. The highest BCUT2D eigenvalue weighted by molar-refractivity contribution is 4.77. The number of ether oxygens (including phenoxy) is 1. The van der Waals surface area contributed by atoms with Crippen molar-refractivity contribution in [2.75, 3.05) is 6.54 Å². The van der Waals surface area contributed by atoms with Crippen molar-refractivity contribution >= 4 is 0 Å². The van der Waals surface area contributed by atoms with E-state index in [2.05, 4.69) is 20.8 Å². The van der Waals surface area contributed by atoms with Crippen LogP contribution >= 0.6 is 0 Å². The molecule has 0 bridgehead atoms. The number of hydrogen-bond donors (Lipinski definition) is 1. The Kier molecular flexibility index (Phi) is 5.62. The van der Waals surface area contributed by atoms with E-state index >= 15 is 0 Å². The molecule has 1 fully saturated rings. The monoisotopic (exact) mass is 213 g/mol. The SMILES string of the molecule is CCCC(CN)OC1CCC(C)C(C)C1. The van der Waals surface area contributed by atoms with Gasteiger partial charge in [0.05, 0.1) is 12.2 Å². The van der Waals surface area contributed by atoms with Gasteiger partial charge in [-0.3, -0.25) is 0 Å². The van der Waals surface area contributed by atoms with Crippen LogP contribution in [-0.2, 0) is 4.74 Å². The highest BCUT2D eigenvalue weighted by Crippen LogP contribution is 2.31. The number of hydrogen-bond acceptors (Lipinski definition) is 2. The Morgan fingerprint density at radius 3 is 2.53 bits per heavy atom. The molecule has 2 nitrogen and oxygen atoms in total. The van der Waals surface area contributed by atoms with E-state index in [4.69, 9.17) is 10.5 Å². The second kappa shape index (κ2) is 6.49. The Bertz CT molecular complexity index is 172. The molecule has 2 N–H and O–H groups in total. The molecule has 90 valence electrons. The summed E-state index contributed by atoms with van der Waals surface area (Å²) in [6, 6.07) is 0. The Balaban J connectivity index is 2.31.